The van der Waals surface area contributed by atoms with Crippen molar-refractivity contribution in [1.82, 2.24) is 15.0 Å². The molecule has 1 aliphatic heterocycles. The van der Waals surface area contributed by atoms with Gasteiger partial charge in [0.1, 0.15) is 5.75 Å². The summed E-state index contributed by atoms with van der Waals surface area (Å²) in [4.78, 5) is 19.7. The number of hydrogen-bond donors (Lipinski definition) is 1. The van der Waals surface area contributed by atoms with Crippen molar-refractivity contribution < 1.29 is 14.1 Å². The first-order chi connectivity index (χ1) is 16.7. The second-order valence-corrected chi connectivity index (χ2v) is 8.33. The summed E-state index contributed by atoms with van der Waals surface area (Å²) in [6.07, 6.45) is 1.54. The molecule has 1 N–H and O–H groups in total. The van der Waals surface area contributed by atoms with Gasteiger partial charge < -0.3 is 14.6 Å². The third-order valence-electron chi connectivity index (χ3n) is 5.93. The molecule has 0 unspecified atom stereocenters. The summed E-state index contributed by atoms with van der Waals surface area (Å²) in [7, 11) is 0. The molecule has 1 saturated heterocycles. The van der Waals surface area contributed by atoms with Crippen LogP contribution in [-0.2, 0) is 11.3 Å². The van der Waals surface area contributed by atoms with Crippen molar-refractivity contribution in [2.45, 2.75) is 19.4 Å². The molecule has 34 heavy (non-hydrogen) atoms. The van der Waals surface area contributed by atoms with Gasteiger partial charge in [-0.25, -0.2) is 0 Å². The summed E-state index contributed by atoms with van der Waals surface area (Å²) >= 11 is 0. The number of carbonyl (C=O) groups excluding carboxylic acids is 1. The smallest absolute Gasteiger partial charge is 0.241 e. The Morgan fingerprint density at radius 2 is 1.62 bits per heavy atom. The predicted octanol–water partition coefficient (Wildman–Crippen LogP) is 5.38. The summed E-state index contributed by atoms with van der Waals surface area (Å²) in [6, 6.07) is 26.8. The SMILES string of the molecule is O=C(Nc1ccccc1Oc1ccccc1)C1CCN(Cc2nc(-c3ccccc3)no2)CC1. The zero-order valence-corrected chi connectivity index (χ0v) is 18.8. The lowest BCUT2D eigenvalue weighted by Gasteiger charge is -2.30. The number of anilines is 1. The van der Waals surface area contributed by atoms with Gasteiger partial charge >= 0.3 is 0 Å². The first-order valence-corrected chi connectivity index (χ1v) is 11.5. The van der Waals surface area contributed by atoms with E-state index in [0.717, 1.165) is 37.2 Å². The lowest BCUT2D eigenvalue weighted by Crippen LogP contribution is -2.37. The number of aromatic nitrogens is 2. The zero-order chi connectivity index (χ0) is 23.2. The quantitative estimate of drug-likeness (QED) is 0.404. The van der Waals surface area contributed by atoms with Gasteiger partial charge in [0.25, 0.3) is 0 Å². The van der Waals surface area contributed by atoms with E-state index in [4.69, 9.17) is 9.26 Å². The Labute approximate surface area is 198 Å². The molecule has 0 saturated carbocycles. The number of nitrogens with one attached hydrogen (secondary N) is 1. The number of piperidine rings is 1. The minimum absolute atomic E-state index is 0.0212. The molecule has 7 nitrogen and oxygen atoms in total. The minimum Gasteiger partial charge on any atom is -0.455 e. The number of rotatable bonds is 7. The van der Waals surface area contributed by atoms with E-state index < -0.39 is 0 Å². The van der Waals surface area contributed by atoms with E-state index >= 15 is 0 Å². The van der Waals surface area contributed by atoms with Crippen LogP contribution in [0, 0.1) is 5.92 Å². The van der Waals surface area contributed by atoms with Crippen LogP contribution in [0.25, 0.3) is 11.4 Å². The number of likely N-dealkylation sites (tertiary alicyclic amines) is 1. The molecule has 0 bridgehead atoms. The highest BCUT2D eigenvalue weighted by Crippen LogP contribution is 2.30. The van der Waals surface area contributed by atoms with Gasteiger partial charge in [0.15, 0.2) is 5.75 Å². The lowest BCUT2D eigenvalue weighted by molar-refractivity contribution is -0.121. The molecule has 1 aromatic heterocycles. The second kappa shape index (κ2) is 10.3. The maximum Gasteiger partial charge on any atom is 0.241 e. The highest BCUT2D eigenvalue weighted by atomic mass is 16.5. The van der Waals surface area contributed by atoms with Crippen LogP contribution in [0.1, 0.15) is 18.7 Å². The van der Waals surface area contributed by atoms with E-state index in [-0.39, 0.29) is 11.8 Å². The molecule has 7 heteroatoms. The van der Waals surface area contributed by atoms with E-state index in [1.807, 2.05) is 84.9 Å². The molecule has 172 valence electrons. The van der Waals surface area contributed by atoms with E-state index in [1.54, 1.807) is 0 Å². The highest BCUT2D eigenvalue weighted by Gasteiger charge is 2.26. The molecule has 5 rings (SSSR count). The Bertz CT molecular complexity index is 1220. The fourth-order valence-corrected chi connectivity index (χ4v) is 4.08. The topological polar surface area (TPSA) is 80.5 Å². The maximum atomic E-state index is 13.0. The number of benzene rings is 3. The third-order valence-corrected chi connectivity index (χ3v) is 5.93. The van der Waals surface area contributed by atoms with E-state index in [0.29, 0.717) is 29.7 Å². The van der Waals surface area contributed by atoms with Gasteiger partial charge in [-0.1, -0.05) is 65.8 Å². The number of ether oxygens (including phenoxy) is 1. The van der Waals surface area contributed by atoms with Crippen LogP contribution in [0.15, 0.2) is 89.5 Å². The average molecular weight is 455 g/mol. The van der Waals surface area contributed by atoms with Crippen molar-refractivity contribution in [3.63, 3.8) is 0 Å². The summed E-state index contributed by atoms with van der Waals surface area (Å²) in [6.45, 7) is 2.18. The number of hydrogen-bond acceptors (Lipinski definition) is 6. The largest absolute Gasteiger partial charge is 0.455 e. The number of amides is 1. The van der Waals surface area contributed by atoms with Gasteiger partial charge in [0.2, 0.25) is 17.6 Å². The van der Waals surface area contributed by atoms with Crippen LogP contribution in [0.4, 0.5) is 5.69 Å². The monoisotopic (exact) mass is 454 g/mol. The van der Waals surface area contributed by atoms with E-state index in [2.05, 4.69) is 20.4 Å². The van der Waals surface area contributed by atoms with Crippen LogP contribution in [-0.4, -0.2) is 34.0 Å². The molecule has 0 atom stereocenters. The summed E-state index contributed by atoms with van der Waals surface area (Å²) in [5.41, 5.74) is 1.61. The molecule has 3 aromatic carbocycles. The van der Waals surface area contributed by atoms with Crippen LogP contribution in [0.3, 0.4) is 0 Å². The van der Waals surface area contributed by atoms with Crippen molar-refractivity contribution >= 4 is 11.6 Å². The first-order valence-electron chi connectivity index (χ1n) is 11.5. The zero-order valence-electron chi connectivity index (χ0n) is 18.8. The normalized spacial score (nSPS) is 14.6. The molecular weight excluding hydrogens is 428 g/mol. The Morgan fingerprint density at radius 3 is 2.38 bits per heavy atom. The van der Waals surface area contributed by atoms with Crippen LogP contribution < -0.4 is 10.1 Å². The molecule has 0 radical (unpaired) electrons. The van der Waals surface area contributed by atoms with Crippen molar-refractivity contribution in [2.24, 2.45) is 5.92 Å². The molecule has 1 fully saturated rings. The summed E-state index contributed by atoms with van der Waals surface area (Å²) in [5.74, 6) is 2.52. The molecule has 2 heterocycles. The second-order valence-electron chi connectivity index (χ2n) is 8.33. The molecule has 0 spiro atoms. The standard InChI is InChI=1S/C27H26N4O3/c32-27(28-23-13-7-8-14-24(23)33-22-11-5-2-6-12-22)21-15-17-31(18-16-21)19-25-29-26(30-34-25)20-9-3-1-4-10-20/h1-14,21H,15-19H2,(H,28,32). The van der Waals surface area contributed by atoms with Gasteiger partial charge in [-0.3, -0.25) is 9.69 Å². The van der Waals surface area contributed by atoms with Crippen LogP contribution in [0.5, 0.6) is 11.5 Å². The Balaban J connectivity index is 1.15. The fourth-order valence-electron chi connectivity index (χ4n) is 4.08. The van der Waals surface area contributed by atoms with Crippen molar-refractivity contribution in [3.05, 3.63) is 90.8 Å². The van der Waals surface area contributed by atoms with Crippen molar-refractivity contribution in [1.29, 1.82) is 0 Å². The molecular formula is C27H26N4O3. The maximum absolute atomic E-state index is 13.0. The molecule has 4 aromatic rings. The van der Waals surface area contributed by atoms with E-state index in [1.165, 1.54) is 0 Å². The lowest BCUT2D eigenvalue weighted by atomic mass is 9.96. The average Bonchev–Trinajstić information content (AvgIpc) is 3.35. The van der Waals surface area contributed by atoms with Crippen LogP contribution in [0.2, 0.25) is 0 Å². The predicted molar refractivity (Wildman–Crippen MR) is 129 cm³/mol. The van der Waals surface area contributed by atoms with Crippen molar-refractivity contribution in [2.75, 3.05) is 18.4 Å². The molecule has 1 aliphatic rings. The summed E-state index contributed by atoms with van der Waals surface area (Å²) in [5, 5.41) is 7.15. The number of para-hydroxylation sites is 3. The first kappa shape index (κ1) is 21.9. The molecule has 1 amide bonds. The van der Waals surface area contributed by atoms with Crippen LogP contribution >= 0.6 is 0 Å². The Hall–Kier alpha value is -3.97. The Kier molecular flexibility index (Phi) is 6.63. The van der Waals surface area contributed by atoms with Gasteiger partial charge in [0.05, 0.1) is 12.2 Å². The van der Waals surface area contributed by atoms with Gasteiger partial charge in [-0.05, 0) is 50.2 Å². The van der Waals surface area contributed by atoms with Gasteiger partial charge in [-0.15, -0.1) is 0 Å². The van der Waals surface area contributed by atoms with Gasteiger partial charge in [-0.2, -0.15) is 4.98 Å². The van der Waals surface area contributed by atoms with E-state index in [9.17, 15) is 4.79 Å². The highest BCUT2D eigenvalue weighted by molar-refractivity contribution is 5.94. The summed E-state index contributed by atoms with van der Waals surface area (Å²) < 4.78 is 11.4. The fraction of sp³-hybridized carbons (Fsp3) is 0.222. The third kappa shape index (κ3) is 5.32. The number of carbonyl (C=O) groups is 1. The Morgan fingerprint density at radius 1 is 0.941 bits per heavy atom. The van der Waals surface area contributed by atoms with Crippen molar-refractivity contribution in [3.8, 4) is 22.9 Å². The van der Waals surface area contributed by atoms with Gasteiger partial charge in [0, 0.05) is 11.5 Å². The number of nitrogens with zero attached hydrogens (tertiary/aromatic N) is 3. The molecule has 0 aliphatic carbocycles. The minimum atomic E-state index is -0.0522.